The molecule has 0 aromatic carbocycles. The van der Waals surface area contributed by atoms with Gasteiger partial charge in [0.25, 0.3) is 6.08 Å². The third-order valence-corrected chi connectivity index (χ3v) is 2.32. The maximum atomic E-state index is 12.0. The summed E-state index contributed by atoms with van der Waals surface area (Å²) in [7, 11) is 0. The number of hydrogen-bond acceptors (Lipinski definition) is 2. The molecule has 1 aromatic rings. The van der Waals surface area contributed by atoms with Gasteiger partial charge in [-0.25, -0.2) is 4.79 Å². The first-order valence-corrected chi connectivity index (χ1v) is 5.42. The van der Waals surface area contributed by atoms with E-state index >= 15 is 0 Å². The third kappa shape index (κ3) is 4.80. The van der Waals surface area contributed by atoms with Crippen LogP contribution in [0.25, 0.3) is 0 Å². The second kappa shape index (κ2) is 6.83. The number of aromatic nitrogens is 1. The first kappa shape index (κ1) is 13.4. The molecule has 1 aromatic heterocycles. The lowest BCUT2D eigenvalue weighted by atomic mass is 10.1. The predicted molar refractivity (Wildman–Crippen MR) is 59.8 cm³/mol. The topological polar surface area (TPSA) is 42.1 Å². The van der Waals surface area contributed by atoms with E-state index in [0.717, 1.165) is 0 Å². The molecule has 0 aliphatic carbocycles. The zero-order valence-corrected chi connectivity index (χ0v) is 9.63. The number of halogens is 2. The number of nitrogens with one attached hydrogen (secondary N) is 1. The van der Waals surface area contributed by atoms with Gasteiger partial charge in [0.05, 0.1) is 6.61 Å². The highest BCUT2D eigenvalue weighted by atomic mass is 19.3. The number of rotatable bonds is 6. The van der Waals surface area contributed by atoms with Gasteiger partial charge in [0.2, 0.25) is 0 Å². The number of allylic oxidation sites excluding steroid dienone is 1. The molecule has 94 valence electrons. The van der Waals surface area contributed by atoms with Crippen LogP contribution in [0.15, 0.2) is 30.0 Å². The fourth-order valence-electron chi connectivity index (χ4n) is 1.29. The number of hydrogen-bond donors (Lipinski definition) is 1. The van der Waals surface area contributed by atoms with Crippen molar-refractivity contribution in [1.82, 2.24) is 4.98 Å². The van der Waals surface area contributed by atoms with Crippen molar-refractivity contribution in [1.29, 1.82) is 0 Å². The van der Waals surface area contributed by atoms with E-state index in [4.69, 9.17) is 4.74 Å². The van der Waals surface area contributed by atoms with E-state index in [0.29, 0.717) is 25.0 Å². The number of ether oxygens (including phenoxy) is 1. The monoisotopic (exact) mass is 243 g/mol. The van der Waals surface area contributed by atoms with Crippen molar-refractivity contribution in [2.45, 2.75) is 26.2 Å². The molecule has 0 saturated carbocycles. The highest BCUT2D eigenvalue weighted by molar-refractivity contribution is 5.87. The van der Waals surface area contributed by atoms with Crippen molar-refractivity contribution in [2.75, 3.05) is 6.61 Å². The Labute approximate surface area is 98.5 Å². The molecule has 5 heteroatoms. The number of carbonyl (C=O) groups is 1. The molecule has 1 N–H and O–H groups in total. The minimum Gasteiger partial charge on any atom is -0.461 e. The van der Waals surface area contributed by atoms with Crippen LogP contribution in [0, 0.1) is 0 Å². The molecule has 0 spiro atoms. The number of aromatic amines is 1. The van der Waals surface area contributed by atoms with Crippen LogP contribution < -0.4 is 0 Å². The Bertz CT molecular complexity index is 381. The summed E-state index contributed by atoms with van der Waals surface area (Å²) in [5, 5.41) is 0. The lowest BCUT2D eigenvalue weighted by molar-refractivity contribution is 0.0492. The van der Waals surface area contributed by atoms with Crippen molar-refractivity contribution in [3.8, 4) is 0 Å². The molecule has 3 nitrogen and oxygen atoms in total. The van der Waals surface area contributed by atoms with Gasteiger partial charge in [0.1, 0.15) is 5.69 Å². The summed E-state index contributed by atoms with van der Waals surface area (Å²) in [5.74, 6) is -0.418. The van der Waals surface area contributed by atoms with Gasteiger partial charge in [-0.1, -0.05) is 0 Å². The van der Waals surface area contributed by atoms with Crippen LogP contribution in [0.3, 0.4) is 0 Å². The van der Waals surface area contributed by atoms with E-state index in [9.17, 15) is 13.6 Å². The average Bonchev–Trinajstić information content (AvgIpc) is 2.81. The molecule has 1 heterocycles. The highest BCUT2D eigenvalue weighted by Crippen LogP contribution is 2.13. The average molecular weight is 243 g/mol. The van der Waals surface area contributed by atoms with E-state index in [1.165, 1.54) is 6.92 Å². The maximum Gasteiger partial charge on any atom is 0.354 e. The van der Waals surface area contributed by atoms with Gasteiger partial charge in [-0.05, 0) is 43.9 Å². The summed E-state index contributed by atoms with van der Waals surface area (Å²) in [6.45, 7) is 1.65. The number of H-pyrrole nitrogens is 1. The van der Waals surface area contributed by atoms with Crippen molar-refractivity contribution in [3.05, 3.63) is 35.7 Å². The minimum atomic E-state index is -1.62. The molecule has 0 unspecified atom stereocenters. The Kier molecular flexibility index (Phi) is 5.39. The van der Waals surface area contributed by atoms with Crippen molar-refractivity contribution in [3.63, 3.8) is 0 Å². The van der Waals surface area contributed by atoms with Crippen LogP contribution in [-0.2, 0) is 4.74 Å². The van der Waals surface area contributed by atoms with Crippen molar-refractivity contribution < 1.29 is 18.3 Å². The van der Waals surface area contributed by atoms with E-state index < -0.39 is 12.0 Å². The van der Waals surface area contributed by atoms with Gasteiger partial charge in [0, 0.05) is 6.20 Å². The summed E-state index contributed by atoms with van der Waals surface area (Å²) in [6.07, 6.45) is 1.52. The van der Waals surface area contributed by atoms with Crippen molar-refractivity contribution in [2.24, 2.45) is 0 Å². The largest absolute Gasteiger partial charge is 0.461 e. The molecule has 0 atom stereocenters. The Morgan fingerprint density at radius 3 is 2.76 bits per heavy atom. The molecule has 17 heavy (non-hydrogen) atoms. The summed E-state index contributed by atoms with van der Waals surface area (Å²) >= 11 is 0. The fraction of sp³-hybridized carbons (Fsp3) is 0.417. The van der Waals surface area contributed by atoms with Gasteiger partial charge in [0.15, 0.2) is 0 Å². The molecule has 1 rings (SSSR count). The van der Waals surface area contributed by atoms with E-state index in [1.807, 2.05) is 0 Å². The van der Waals surface area contributed by atoms with E-state index in [1.54, 1.807) is 18.3 Å². The van der Waals surface area contributed by atoms with Gasteiger partial charge in [-0.2, -0.15) is 8.78 Å². The predicted octanol–water partition coefficient (Wildman–Crippen LogP) is 3.51. The smallest absolute Gasteiger partial charge is 0.354 e. The third-order valence-electron chi connectivity index (χ3n) is 2.32. The first-order chi connectivity index (χ1) is 8.11. The lowest BCUT2D eigenvalue weighted by Gasteiger charge is -2.03. The molecular weight excluding hydrogens is 228 g/mol. The van der Waals surface area contributed by atoms with Crippen molar-refractivity contribution >= 4 is 5.97 Å². The Morgan fingerprint density at radius 2 is 2.18 bits per heavy atom. The second-order valence-electron chi connectivity index (χ2n) is 3.72. The summed E-state index contributed by atoms with van der Waals surface area (Å²) in [5.41, 5.74) is 0.497. The molecule has 0 aliphatic rings. The van der Waals surface area contributed by atoms with Gasteiger partial charge in [-0.3, -0.25) is 0 Å². The minimum absolute atomic E-state index is 0.0979. The molecule has 0 aliphatic heterocycles. The van der Waals surface area contributed by atoms with Gasteiger partial charge >= 0.3 is 5.97 Å². The van der Waals surface area contributed by atoms with E-state index in [2.05, 4.69) is 4.98 Å². The van der Waals surface area contributed by atoms with Crippen LogP contribution >= 0.6 is 0 Å². The fourth-order valence-corrected chi connectivity index (χ4v) is 1.29. The van der Waals surface area contributed by atoms with Crippen LogP contribution in [0.2, 0.25) is 0 Å². The summed E-state index contributed by atoms with van der Waals surface area (Å²) < 4.78 is 29.0. The molecular formula is C12H15F2NO2. The quantitative estimate of drug-likeness (QED) is 0.613. The lowest BCUT2D eigenvalue weighted by Crippen LogP contribution is -2.06. The highest BCUT2D eigenvalue weighted by Gasteiger charge is 2.06. The molecule has 0 saturated heterocycles. The number of carbonyl (C=O) groups excluding carboxylic acids is 1. The second-order valence-corrected chi connectivity index (χ2v) is 3.72. The van der Waals surface area contributed by atoms with Crippen LogP contribution in [0.4, 0.5) is 8.78 Å². The summed E-state index contributed by atoms with van der Waals surface area (Å²) in [4.78, 5) is 14.1. The normalized spacial score (nSPS) is 10.1. The zero-order chi connectivity index (χ0) is 12.7. The molecule has 0 fully saturated rings. The zero-order valence-electron chi connectivity index (χ0n) is 9.63. The Hall–Kier alpha value is -1.65. The first-order valence-electron chi connectivity index (χ1n) is 5.42. The Balaban J connectivity index is 2.13. The number of unbranched alkanes of at least 4 members (excludes halogenated alkanes) is 1. The molecule has 0 bridgehead atoms. The maximum absolute atomic E-state index is 12.0. The Morgan fingerprint density at radius 1 is 1.41 bits per heavy atom. The van der Waals surface area contributed by atoms with E-state index in [-0.39, 0.29) is 12.2 Å². The summed E-state index contributed by atoms with van der Waals surface area (Å²) in [6, 6.07) is 3.32. The van der Waals surface area contributed by atoms with Crippen LogP contribution in [0.1, 0.15) is 36.7 Å². The van der Waals surface area contributed by atoms with Crippen LogP contribution in [-0.4, -0.2) is 17.6 Å². The molecule has 0 amide bonds. The van der Waals surface area contributed by atoms with Gasteiger partial charge < -0.3 is 9.72 Å². The molecule has 0 radical (unpaired) electrons. The SMILES string of the molecule is CC(CCCCOC(=O)c1ccc[nH]1)=C(F)F. The van der Waals surface area contributed by atoms with Gasteiger partial charge in [-0.15, -0.1) is 0 Å². The van der Waals surface area contributed by atoms with Crippen LogP contribution in [0.5, 0.6) is 0 Å². The standard InChI is InChI=1S/C12H15F2NO2/c1-9(11(13)14)5-2-3-8-17-12(16)10-6-4-7-15-10/h4,6-7,15H,2-3,5,8H2,1H3. The number of esters is 1.